The third-order valence-corrected chi connectivity index (χ3v) is 6.01. The molecule has 0 radical (unpaired) electrons. The third-order valence-electron chi connectivity index (χ3n) is 4.76. The third kappa shape index (κ3) is 3.97. The maximum atomic E-state index is 12.2. The quantitative estimate of drug-likeness (QED) is 0.840. The molecule has 1 aromatic rings. The van der Waals surface area contributed by atoms with Gasteiger partial charge in [0.25, 0.3) is 0 Å². The van der Waals surface area contributed by atoms with Gasteiger partial charge >= 0.3 is 0 Å². The van der Waals surface area contributed by atoms with Gasteiger partial charge in [0.05, 0.1) is 5.25 Å². The summed E-state index contributed by atoms with van der Waals surface area (Å²) in [5.41, 5.74) is 0. The molecule has 1 saturated carbocycles. The van der Waals surface area contributed by atoms with Crippen molar-refractivity contribution in [3.05, 3.63) is 18.5 Å². The van der Waals surface area contributed by atoms with Crippen molar-refractivity contribution in [3.63, 3.8) is 0 Å². The molecule has 2 heterocycles. The van der Waals surface area contributed by atoms with Gasteiger partial charge in [0, 0.05) is 19.0 Å². The Bertz CT molecular complexity index is 551. The molecule has 23 heavy (non-hydrogen) atoms. The average Bonchev–Trinajstić information content (AvgIpc) is 2.85. The first-order valence-corrected chi connectivity index (χ1v) is 9.66. The van der Waals surface area contributed by atoms with Crippen LogP contribution in [0.15, 0.2) is 17.8 Å². The van der Waals surface area contributed by atoms with Crippen molar-refractivity contribution in [2.45, 2.75) is 74.2 Å². The summed E-state index contributed by atoms with van der Waals surface area (Å²) in [6, 6.07) is 0. The molecule has 1 N–H and O–H groups in total. The van der Waals surface area contributed by atoms with Crippen LogP contribution in [0.25, 0.3) is 0 Å². The molecule has 1 atom stereocenters. The molecule has 2 aliphatic rings. The summed E-state index contributed by atoms with van der Waals surface area (Å²) < 4.78 is 2.17. The van der Waals surface area contributed by atoms with E-state index in [1.165, 1.54) is 32.1 Å². The molecule has 126 valence electrons. The molecule has 0 unspecified atom stereocenters. The maximum Gasteiger partial charge on any atom is 0.233 e. The summed E-state index contributed by atoms with van der Waals surface area (Å²) >= 11 is 1.57. The Labute approximate surface area is 142 Å². The predicted octanol–water partition coefficient (Wildman–Crippen LogP) is 3.27. The van der Waals surface area contributed by atoms with Crippen LogP contribution in [0.5, 0.6) is 0 Å². The van der Waals surface area contributed by atoms with Gasteiger partial charge in [-0.25, -0.2) is 0 Å². The number of amides is 1. The molecule has 0 aromatic carbocycles. The van der Waals surface area contributed by atoms with Crippen LogP contribution in [0, 0.1) is 0 Å². The summed E-state index contributed by atoms with van der Waals surface area (Å²) in [7, 11) is 0. The van der Waals surface area contributed by atoms with E-state index in [2.05, 4.69) is 26.7 Å². The minimum absolute atomic E-state index is 0.0514. The van der Waals surface area contributed by atoms with Crippen LogP contribution in [0.3, 0.4) is 0 Å². The van der Waals surface area contributed by atoms with Crippen LogP contribution in [-0.4, -0.2) is 32.5 Å². The normalized spacial score (nSPS) is 23.3. The van der Waals surface area contributed by atoms with E-state index < -0.39 is 0 Å². The van der Waals surface area contributed by atoms with Crippen LogP contribution in [0.4, 0.5) is 0 Å². The number of nitrogens with zero attached hydrogens (tertiary/aromatic N) is 3. The standard InChI is InChI=1S/C17H26N4OS/c1-2-12-21-15(13-8-4-3-5-9-13)19-20-17(21)23-14-10-6-7-11-18-16(14)22/h2,13-14H,1,3-12H2,(H,18,22)/t14-/m0/s1. The molecule has 0 spiro atoms. The number of allylic oxidation sites excluding steroid dienone is 1. The number of thioether (sulfide) groups is 1. The van der Waals surface area contributed by atoms with Crippen molar-refractivity contribution >= 4 is 17.7 Å². The molecular formula is C17H26N4OS. The van der Waals surface area contributed by atoms with Crippen molar-refractivity contribution in [1.82, 2.24) is 20.1 Å². The van der Waals surface area contributed by atoms with E-state index in [1.807, 2.05) is 6.08 Å². The lowest BCUT2D eigenvalue weighted by molar-refractivity contribution is -0.120. The maximum absolute atomic E-state index is 12.2. The van der Waals surface area contributed by atoms with Gasteiger partial charge in [-0.3, -0.25) is 4.79 Å². The molecule has 1 amide bonds. The largest absolute Gasteiger partial charge is 0.355 e. The SMILES string of the molecule is C=CCn1c(S[C@H]2CCCCNC2=O)nnc1C1CCCCC1. The van der Waals surface area contributed by atoms with Gasteiger partial charge in [-0.1, -0.05) is 43.5 Å². The zero-order valence-corrected chi connectivity index (χ0v) is 14.5. The van der Waals surface area contributed by atoms with Gasteiger partial charge in [0.15, 0.2) is 5.16 Å². The van der Waals surface area contributed by atoms with Crippen LogP contribution < -0.4 is 5.32 Å². The Morgan fingerprint density at radius 2 is 1.96 bits per heavy atom. The lowest BCUT2D eigenvalue weighted by Gasteiger charge is -2.21. The fourth-order valence-corrected chi connectivity index (χ4v) is 4.61. The summed E-state index contributed by atoms with van der Waals surface area (Å²) in [6.07, 6.45) is 11.2. The van der Waals surface area contributed by atoms with Crippen molar-refractivity contribution in [3.8, 4) is 0 Å². The molecule has 3 rings (SSSR count). The number of carbonyl (C=O) groups is 1. The summed E-state index contributed by atoms with van der Waals surface area (Å²) in [6.45, 7) is 5.39. The fraction of sp³-hybridized carbons (Fsp3) is 0.706. The topological polar surface area (TPSA) is 59.8 Å². The second-order valence-electron chi connectivity index (χ2n) is 6.47. The molecule has 1 aliphatic carbocycles. The zero-order chi connectivity index (χ0) is 16.1. The van der Waals surface area contributed by atoms with Gasteiger partial charge in [-0.05, 0) is 25.7 Å². The molecule has 5 nitrogen and oxygen atoms in total. The summed E-state index contributed by atoms with van der Waals surface area (Å²) in [5, 5.41) is 12.7. The molecular weight excluding hydrogens is 308 g/mol. The highest BCUT2D eigenvalue weighted by Gasteiger charge is 2.27. The van der Waals surface area contributed by atoms with Gasteiger partial charge in [0.1, 0.15) is 5.82 Å². The number of hydrogen-bond donors (Lipinski definition) is 1. The van der Waals surface area contributed by atoms with Crippen LogP contribution in [0.2, 0.25) is 0 Å². The van der Waals surface area contributed by atoms with Crippen molar-refractivity contribution in [2.24, 2.45) is 0 Å². The number of aromatic nitrogens is 3. The second-order valence-corrected chi connectivity index (χ2v) is 7.64. The van der Waals surface area contributed by atoms with E-state index in [0.717, 1.165) is 43.3 Å². The smallest absolute Gasteiger partial charge is 0.233 e. The fourth-order valence-electron chi connectivity index (χ4n) is 3.50. The first kappa shape index (κ1) is 16.6. The number of hydrogen-bond acceptors (Lipinski definition) is 4. The molecule has 1 aromatic heterocycles. The van der Waals surface area contributed by atoms with Crippen LogP contribution in [0.1, 0.15) is 63.1 Å². The van der Waals surface area contributed by atoms with Gasteiger partial charge < -0.3 is 9.88 Å². The molecule has 1 aliphatic heterocycles. The molecule has 2 fully saturated rings. The minimum atomic E-state index is -0.0514. The zero-order valence-electron chi connectivity index (χ0n) is 13.7. The number of rotatable bonds is 5. The lowest BCUT2D eigenvalue weighted by atomic mass is 9.89. The predicted molar refractivity (Wildman–Crippen MR) is 92.6 cm³/mol. The van der Waals surface area contributed by atoms with Gasteiger partial charge in [-0.15, -0.1) is 16.8 Å². The van der Waals surface area contributed by atoms with Gasteiger partial charge in [-0.2, -0.15) is 0 Å². The molecule has 0 bridgehead atoms. The van der Waals surface area contributed by atoms with Gasteiger partial charge in [0.2, 0.25) is 5.91 Å². The van der Waals surface area contributed by atoms with Crippen molar-refractivity contribution in [1.29, 1.82) is 0 Å². The Morgan fingerprint density at radius 1 is 1.17 bits per heavy atom. The highest BCUT2D eigenvalue weighted by molar-refractivity contribution is 8.00. The number of nitrogens with one attached hydrogen (secondary N) is 1. The van der Waals surface area contributed by atoms with Crippen molar-refractivity contribution in [2.75, 3.05) is 6.54 Å². The molecule has 6 heteroatoms. The van der Waals surface area contributed by atoms with Crippen molar-refractivity contribution < 1.29 is 4.79 Å². The average molecular weight is 334 g/mol. The lowest BCUT2D eigenvalue weighted by Crippen LogP contribution is -2.30. The molecule has 1 saturated heterocycles. The van der Waals surface area contributed by atoms with E-state index in [9.17, 15) is 4.79 Å². The van der Waals surface area contributed by atoms with E-state index in [1.54, 1.807) is 11.8 Å². The highest BCUT2D eigenvalue weighted by Crippen LogP contribution is 2.34. The monoisotopic (exact) mass is 334 g/mol. The Hall–Kier alpha value is -1.30. The van der Waals surface area contributed by atoms with E-state index in [0.29, 0.717) is 5.92 Å². The van der Waals surface area contributed by atoms with E-state index in [-0.39, 0.29) is 11.2 Å². The van der Waals surface area contributed by atoms with E-state index in [4.69, 9.17) is 0 Å². The Morgan fingerprint density at radius 3 is 2.74 bits per heavy atom. The first-order chi connectivity index (χ1) is 11.3. The summed E-state index contributed by atoms with van der Waals surface area (Å²) in [4.78, 5) is 12.2. The minimum Gasteiger partial charge on any atom is -0.355 e. The van der Waals surface area contributed by atoms with Crippen LogP contribution >= 0.6 is 11.8 Å². The van der Waals surface area contributed by atoms with Crippen LogP contribution in [-0.2, 0) is 11.3 Å². The highest BCUT2D eigenvalue weighted by atomic mass is 32.2. The second kappa shape index (κ2) is 7.99. The van der Waals surface area contributed by atoms with E-state index >= 15 is 0 Å². The Kier molecular flexibility index (Phi) is 5.75. The first-order valence-electron chi connectivity index (χ1n) is 8.78. The number of carbonyl (C=O) groups excluding carboxylic acids is 1. The summed E-state index contributed by atoms with van der Waals surface area (Å²) in [5.74, 6) is 1.73. The Balaban J connectivity index is 1.79.